The normalized spacial score (nSPS) is 13.7. The molecule has 1 amide bonds. The maximum atomic E-state index is 12.4. The second-order valence-electron chi connectivity index (χ2n) is 7.29. The predicted molar refractivity (Wildman–Crippen MR) is 111 cm³/mol. The molecule has 0 aromatic heterocycles. The Hall–Kier alpha value is -2.82. The molecule has 3 N–H and O–H groups in total. The first-order valence-electron chi connectivity index (χ1n) is 9.54. The van der Waals surface area contributed by atoms with Gasteiger partial charge in [-0.15, -0.1) is 0 Å². The maximum absolute atomic E-state index is 12.4. The van der Waals surface area contributed by atoms with Gasteiger partial charge in [0.25, 0.3) is 0 Å². The summed E-state index contributed by atoms with van der Waals surface area (Å²) in [7, 11) is 0. The van der Waals surface area contributed by atoms with Crippen molar-refractivity contribution in [2.45, 2.75) is 45.7 Å². The molecule has 142 valence electrons. The van der Waals surface area contributed by atoms with Crippen molar-refractivity contribution in [3.63, 3.8) is 0 Å². The minimum absolute atomic E-state index is 0.178. The molecule has 2 aromatic rings. The summed E-state index contributed by atoms with van der Waals surface area (Å²) in [5.41, 5.74) is 10.7. The van der Waals surface area contributed by atoms with Gasteiger partial charge in [-0.05, 0) is 41.2 Å². The van der Waals surface area contributed by atoms with Gasteiger partial charge in [0, 0.05) is 31.7 Å². The van der Waals surface area contributed by atoms with E-state index in [4.69, 9.17) is 5.73 Å². The molecule has 1 aliphatic rings. The van der Waals surface area contributed by atoms with E-state index in [0.717, 1.165) is 5.69 Å². The molecule has 0 fully saturated rings. The van der Waals surface area contributed by atoms with Crippen molar-refractivity contribution in [1.82, 2.24) is 4.90 Å². The first-order valence-corrected chi connectivity index (χ1v) is 9.54. The van der Waals surface area contributed by atoms with Crippen LogP contribution in [0, 0.1) is 0 Å². The number of nitrogens with two attached hydrogens (primary N) is 1. The van der Waals surface area contributed by atoms with Crippen LogP contribution in [-0.4, -0.2) is 23.3 Å². The third kappa shape index (κ3) is 5.09. The number of carbonyl (C=O) groups excluding carboxylic acids is 1. The highest BCUT2D eigenvalue weighted by atomic mass is 16.2. The summed E-state index contributed by atoms with van der Waals surface area (Å²) in [5.74, 6) is 1.03. The first kappa shape index (κ1) is 19.0. The molecule has 27 heavy (non-hydrogen) atoms. The quantitative estimate of drug-likeness (QED) is 0.464. The summed E-state index contributed by atoms with van der Waals surface area (Å²) in [6, 6.07) is 16.4. The van der Waals surface area contributed by atoms with E-state index in [1.54, 1.807) is 0 Å². The van der Waals surface area contributed by atoms with Crippen molar-refractivity contribution in [1.29, 1.82) is 0 Å². The number of nitrogens with zero attached hydrogens (tertiary/aromatic N) is 2. The maximum Gasteiger partial charge on any atom is 0.223 e. The Morgan fingerprint density at radius 2 is 1.85 bits per heavy atom. The third-order valence-electron chi connectivity index (χ3n) is 4.85. The van der Waals surface area contributed by atoms with Gasteiger partial charge in [-0.3, -0.25) is 9.79 Å². The third-order valence-corrected chi connectivity index (χ3v) is 4.85. The zero-order valence-electron chi connectivity index (χ0n) is 16.1. The number of aliphatic imine (C=N–C) groups is 1. The zero-order valence-corrected chi connectivity index (χ0v) is 16.1. The second kappa shape index (κ2) is 8.71. The van der Waals surface area contributed by atoms with Crippen molar-refractivity contribution in [2.24, 2.45) is 10.7 Å². The van der Waals surface area contributed by atoms with Crippen molar-refractivity contribution in [3.8, 4) is 0 Å². The average molecular weight is 364 g/mol. The van der Waals surface area contributed by atoms with E-state index in [2.05, 4.69) is 48.4 Å². The highest BCUT2D eigenvalue weighted by molar-refractivity contribution is 5.92. The van der Waals surface area contributed by atoms with Crippen LogP contribution in [-0.2, 0) is 17.9 Å². The van der Waals surface area contributed by atoms with Gasteiger partial charge in [0.05, 0.1) is 0 Å². The lowest BCUT2D eigenvalue weighted by molar-refractivity contribution is -0.131. The lowest BCUT2D eigenvalue weighted by Gasteiger charge is -2.15. The van der Waals surface area contributed by atoms with Crippen LogP contribution in [0.3, 0.4) is 0 Å². The topological polar surface area (TPSA) is 70.7 Å². The molecule has 1 heterocycles. The Morgan fingerprint density at radius 1 is 1.15 bits per heavy atom. The number of amides is 1. The zero-order chi connectivity index (χ0) is 19.2. The molecule has 0 atom stereocenters. The van der Waals surface area contributed by atoms with Gasteiger partial charge in [0.2, 0.25) is 5.91 Å². The van der Waals surface area contributed by atoms with E-state index < -0.39 is 0 Å². The predicted octanol–water partition coefficient (Wildman–Crippen LogP) is 3.86. The molecular formula is C22H28N4O. The number of guanidine groups is 1. The molecule has 0 aliphatic carbocycles. The first-order chi connectivity index (χ1) is 13.0. The Kier molecular flexibility index (Phi) is 6.12. The van der Waals surface area contributed by atoms with Crippen LogP contribution in [0.2, 0.25) is 0 Å². The molecule has 0 bridgehead atoms. The van der Waals surface area contributed by atoms with Crippen molar-refractivity contribution in [3.05, 3.63) is 65.2 Å². The van der Waals surface area contributed by atoms with Crippen molar-refractivity contribution >= 4 is 17.6 Å². The summed E-state index contributed by atoms with van der Waals surface area (Å²) in [4.78, 5) is 18.6. The van der Waals surface area contributed by atoms with E-state index in [1.165, 1.54) is 16.7 Å². The molecule has 2 aromatic carbocycles. The van der Waals surface area contributed by atoms with Crippen LogP contribution < -0.4 is 11.1 Å². The molecule has 0 spiro atoms. The number of benzene rings is 2. The van der Waals surface area contributed by atoms with Crippen LogP contribution >= 0.6 is 0 Å². The fraction of sp³-hybridized carbons (Fsp3) is 0.364. The number of nitrogens with one attached hydrogen (secondary N) is 1. The number of hydrogen-bond donors (Lipinski definition) is 2. The van der Waals surface area contributed by atoms with Gasteiger partial charge < -0.3 is 16.0 Å². The molecule has 1 aliphatic heterocycles. The Bertz CT molecular complexity index is 804. The Labute approximate surface area is 161 Å². The highest BCUT2D eigenvalue weighted by Crippen LogP contribution is 2.23. The number of rotatable bonds is 6. The minimum atomic E-state index is 0.178. The monoisotopic (exact) mass is 364 g/mol. The molecule has 0 radical (unpaired) electrons. The number of fused-ring (bicyclic) bond motifs is 1. The van der Waals surface area contributed by atoms with Gasteiger partial charge in [-0.25, -0.2) is 0 Å². The molecule has 3 rings (SSSR count). The van der Waals surface area contributed by atoms with Crippen LogP contribution in [0.15, 0.2) is 53.5 Å². The molecule has 5 nitrogen and oxygen atoms in total. The summed E-state index contributed by atoms with van der Waals surface area (Å²) in [6.45, 7) is 6.29. The number of hydrogen-bond acceptors (Lipinski definition) is 2. The van der Waals surface area contributed by atoms with Gasteiger partial charge in [0.1, 0.15) is 0 Å². The van der Waals surface area contributed by atoms with Crippen molar-refractivity contribution < 1.29 is 4.79 Å². The minimum Gasteiger partial charge on any atom is -0.370 e. The Balaban J connectivity index is 1.43. The summed E-state index contributed by atoms with van der Waals surface area (Å²) in [6.07, 6.45) is 1.19. The highest BCUT2D eigenvalue weighted by Gasteiger charge is 2.22. The van der Waals surface area contributed by atoms with E-state index in [-0.39, 0.29) is 5.91 Å². The smallest absolute Gasteiger partial charge is 0.223 e. The van der Waals surface area contributed by atoms with Gasteiger partial charge in [0.15, 0.2) is 5.96 Å². The van der Waals surface area contributed by atoms with E-state index in [9.17, 15) is 4.79 Å². The average Bonchev–Trinajstić information content (AvgIpc) is 3.09. The lowest BCUT2D eigenvalue weighted by atomic mass is 10.0. The molecular weight excluding hydrogens is 336 g/mol. The standard InChI is InChI=1S/C22H28N4O/c1-16(2)17-9-5-10-20(13-17)25-22(23)24-12-6-11-21(27)26-14-18-7-3-4-8-19(18)15-26/h3-5,7-10,13,16H,6,11-12,14-15H2,1-2H3,(H3,23,24,25). The van der Waals surface area contributed by atoms with E-state index >= 15 is 0 Å². The van der Waals surface area contributed by atoms with Gasteiger partial charge in [-0.1, -0.05) is 50.2 Å². The lowest BCUT2D eigenvalue weighted by Crippen LogP contribution is -2.25. The van der Waals surface area contributed by atoms with Crippen LogP contribution in [0.25, 0.3) is 0 Å². The Morgan fingerprint density at radius 3 is 2.52 bits per heavy atom. The molecule has 0 unspecified atom stereocenters. The summed E-state index contributed by atoms with van der Waals surface area (Å²) >= 11 is 0. The molecule has 0 saturated heterocycles. The second-order valence-corrected chi connectivity index (χ2v) is 7.29. The van der Waals surface area contributed by atoms with Gasteiger partial charge >= 0.3 is 0 Å². The summed E-state index contributed by atoms with van der Waals surface area (Å²) < 4.78 is 0. The van der Waals surface area contributed by atoms with E-state index in [0.29, 0.717) is 44.4 Å². The SMILES string of the molecule is CC(C)c1cccc(NC(N)=NCCCC(=O)N2Cc3ccccc3C2)c1. The van der Waals surface area contributed by atoms with Crippen LogP contribution in [0.5, 0.6) is 0 Å². The van der Waals surface area contributed by atoms with E-state index in [1.807, 2.05) is 29.2 Å². The van der Waals surface area contributed by atoms with Crippen molar-refractivity contribution in [2.75, 3.05) is 11.9 Å². The summed E-state index contributed by atoms with van der Waals surface area (Å²) in [5, 5.41) is 3.12. The number of carbonyl (C=O) groups is 1. The largest absolute Gasteiger partial charge is 0.370 e. The van der Waals surface area contributed by atoms with Gasteiger partial charge in [-0.2, -0.15) is 0 Å². The fourth-order valence-electron chi connectivity index (χ4n) is 3.26. The molecule has 5 heteroatoms. The molecule has 0 saturated carbocycles. The van der Waals surface area contributed by atoms with Crippen LogP contribution in [0.4, 0.5) is 5.69 Å². The fourth-order valence-corrected chi connectivity index (χ4v) is 3.26. The van der Waals surface area contributed by atoms with Crippen LogP contribution in [0.1, 0.15) is 49.3 Å². The number of anilines is 1.